The van der Waals surface area contributed by atoms with Crippen molar-refractivity contribution in [1.29, 1.82) is 0 Å². The number of carbonyl (C=O) groups is 1. The number of hydrogen-bond donors (Lipinski definition) is 0. The van der Waals surface area contributed by atoms with Crippen molar-refractivity contribution in [3.63, 3.8) is 0 Å². The Morgan fingerprint density at radius 1 is 1.19 bits per heavy atom. The van der Waals surface area contributed by atoms with Gasteiger partial charge in [-0.05, 0) is 43.4 Å². The van der Waals surface area contributed by atoms with E-state index < -0.39 is 0 Å². The monoisotopic (exact) mass is 359 g/mol. The number of hydrogen-bond acceptors (Lipinski definition) is 5. The fourth-order valence-corrected chi connectivity index (χ4v) is 3.18. The predicted molar refractivity (Wildman–Crippen MR) is 90.8 cm³/mol. The van der Waals surface area contributed by atoms with Gasteiger partial charge in [-0.2, -0.15) is 4.98 Å². The van der Waals surface area contributed by atoms with Crippen molar-refractivity contribution in [2.24, 2.45) is 0 Å². The summed E-state index contributed by atoms with van der Waals surface area (Å²) in [5, 5.41) is 3.98. The fraction of sp³-hybridized carbons (Fsp3) is 0.526. The molecule has 1 aromatic carbocycles. The molecule has 0 atom stereocenters. The maximum absolute atomic E-state index is 12.9. The van der Waals surface area contributed by atoms with Crippen molar-refractivity contribution >= 4 is 5.91 Å². The van der Waals surface area contributed by atoms with Crippen LogP contribution in [0.3, 0.4) is 0 Å². The fourth-order valence-electron chi connectivity index (χ4n) is 3.18. The molecule has 2 fully saturated rings. The molecule has 138 valence electrons. The maximum atomic E-state index is 12.9. The van der Waals surface area contributed by atoms with E-state index in [1.54, 1.807) is 12.1 Å². The molecule has 26 heavy (non-hydrogen) atoms. The Morgan fingerprint density at radius 2 is 1.92 bits per heavy atom. The zero-order chi connectivity index (χ0) is 17.9. The second-order valence-corrected chi connectivity index (χ2v) is 7.01. The number of ether oxygens (including phenoxy) is 1. The first-order valence-electron chi connectivity index (χ1n) is 9.13. The van der Waals surface area contributed by atoms with E-state index in [1.807, 2.05) is 4.90 Å². The molecule has 2 heterocycles. The van der Waals surface area contributed by atoms with Crippen LogP contribution < -0.4 is 0 Å². The molecular formula is C19H22FN3O3. The van der Waals surface area contributed by atoms with Gasteiger partial charge in [0.1, 0.15) is 12.4 Å². The number of amides is 1. The highest BCUT2D eigenvalue weighted by Crippen LogP contribution is 2.38. The highest BCUT2D eigenvalue weighted by atomic mass is 19.1. The van der Waals surface area contributed by atoms with E-state index in [0.717, 1.165) is 37.1 Å². The predicted octanol–water partition coefficient (Wildman–Crippen LogP) is 2.84. The summed E-state index contributed by atoms with van der Waals surface area (Å²) in [6.45, 7) is 1.66. The molecule has 4 rings (SSSR count). The van der Waals surface area contributed by atoms with Gasteiger partial charge < -0.3 is 14.2 Å². The van der Waals surface area contributed by atoms with Gasteiger partial charge in [0.05, 0.1) is 12.5 Å². The summed E-state index contributed by atoms with van der Waals surface area (Å²) in [6, 6.07) is 6.08. The number of likely N-dealkylation sites (tertiary alicyclic amines) is 1. The molecule has 1 saturated heterocycles. The summed E-state index contributed by atoms with van der Waals surface area (Å²) in [6.07, 6.45) is 4.27. The van der Waals surface area contributed by atoms with Crippen LogP contribution in [0.25, 0.3) is 0 Å². The minimum Gasteiger partial charge on any atom is -0.368 e. The zero-order valence-corrected chi connectivity index (χ0v) is 14.6. The number of halogens is 1. The smallest absolute Gasteiger partial charge is 0.252 e. The number of piperidine rings is 1. The van der Waals surface area contributed by atoms with Gasteiger partial charge in [-0.3, -0.25) is 4.79 Å². The molecule has 1 aliphatic carbocycles. The molecule has 2 aromatic rings. The van der Waals surface area contributed by atoms with Gasteiger partial charge in [-0.25, -0.2) is 4.39 Å². The topological polar surface area (TPSA) is 68.5 Å². The molecule has 1 saturated carbocycles. The SMILES string of the molecule is O=C(Cc1ccc(F)cc1)N1CCC(OCc2nc(C3CC3)no2)CC1. The number of carbonyl (C=O) groups excluding carboxylic acids is 1. The standard InChI is InChI=1S/C19H22FN3O3/c20-15-5-1-13(2-6-15)11-18(24)23-9-7-16(8-10-23)25-12-17-21-19(22-26-17)14-3-4-14/h1-2,5-6,14,16H,3-4,7-12H2. The second kappa shape index (κ2) is 7.53. The molecule has 1 aromatic heterocycles. The highest BCUT2D eigenvalue weighted by molar-refractivity contribution is 5.78. The normalized spacial score (nSPS) is 18.3. The Balaban J connectivity index is 1.20. The van der Waals surface area contributed by atoms with E-state index in [-0.39, 0.29) is 17.8 Å². The van der Waals surface area contributed by atoms with Gasteiger partial charge in [0.15, 0.2) is 5.82 Å². The van der Waals surface area contributed by atoms with Crippen LogP contribution in [0.4, 0.5) is 4.39 Å². The third kappa shape index (κ3) is 4.27. The van der Waals surface area contributed by atoms with Crippen LogP contribution >= 0.6 is 0 Å². The van der Waals surface area contributed by atoms with Crippen LogP contribution in [0, 0.1) is 5.82 Å². The van der Waals surface area contributed by atoms with E-state index in [4.69, 9.17) is 9.26 Å². The molecule has 7 heteroatoms. The van der Waals surface area contributed by atoms with Crippen molar-refractivity contribution in [2.45, 2.75) is 50.7 Å². The first-order valence-corrected chi connectivity index (χ1v) is 9.13. The molecule has 1 amide bonds. The van der Waals surface area contributed by atoms with Gasteiger partial charge in [-0.1, -0.05) is 17.3 Å². The summed E-state index contributed by atoms with van der Waals surface area (Å²) in [5.74, 6) is 1.58. The summed E-state index contributed by atoms with van der Waals surface area (Å²) >= 11 is 0. The summed E-state index contributed by atoms with van der Waals surface area (Å²) < 4.78 is 24.0. The molecule has 6 nitrogen and oxygen atoms in total. The number of benzene rings is 1. The zero-order valence-electron chi connectivity index (χ0n) is 14.6. The van der Waals surface area contributed by atoms with E-state index in [9.17, 15) is 9.18 Å². The Labute approximate surface area is 151 Å². The minimum atomic E-state index is -0.287. The highest BCUT2D eigenvalue weighted by Gasteiger charge is 2.29. The lowest BCUT2D eigenvalue weighted by Gasteiger charge is -2.31. The number of aromatic nitrogens is 2. The van der Waals surface area contributed by atoms with Gasteiger partial charge in [0.25, 0.3) is 5.89 Å². The molecule has 0 spiro atoms. The first kappa shape index (κ1) is 17.1. The lowest BCUT2D eigenvalue weighted by molar-refractivity contribution is -0.133. The third-order valence-corrected chi connectivity index (χ3v) is 4.93. The molecule has 0 bridgehead atoms. The lowest BCUT2D eigenvalue weighted by atomic mass is 10.1. The van der Waals surface area contributed by atoms with Gasteiger partial charge >= 0.3 is 0 Å². The van der Waals surface area contributed by atoms with Gasteiger partial charge in [0, 0.05) is 19.0 Å². The Hall–Kier alpha value is -2.28. The first-order chi connectivity index (χ1) is 12.7. The van der Waals surface area contributed by atoms with Crippen molar-refractivity contribution in [3.8, 4) is 0 Å². The molecule has 1 aliphatic heterocycles. The van der Waals surface area contributed by atoms with Crippen molar-refractivity contribution in [1.82, 2.24) is 15.0 Å². The maximum Gasteiger partial charge on any atom is 0.252 e. The van der Waals surface area contributed by atoms with Crippen LogP contribution in [-0.4, -0.2) is 40.1 Å². The Morgan fingerprint density at radius 3 is 2.62 bits per heavy atom. The minimum absolute atomic E-state index is 0.0704. The summed E-state index contributed by atoms with van der Waals surface area (Å²) in [5.41, 5.74) is 0.831. The Kier molecular flexibility index (Phi) is 4.97. The summed E-state index contributed by atoms with van der Waals surface area (Å²) in [7, 11) is 0. The second-order valence-electron chi connectivity index (χ2n) is 7.01. The van der Waals surface area contributed by atoms with Gasteiger partial charge in [0.2, 0.25) is 5.91 Å². The molecule has 2 aliphatic rings. The molecule has 0 unspecified atom stereocenters. The van der Waals surface area contributed by atoms with Crippen LogP contribution in [0.1, 0.15) is 48.9 Å². The average molecular weight is 359 g/mol. The van der Waals surface area contributed by atoms with Crippen LogP contribution in [-0.2, 0) is 22.6 Å². The van der Waals surface area contributed by atoms with E-state index in [1.165, 1.54) is 12.1 Å². The van der Waals surface area contributed by atoms with Crippen LogP contribution in [0.2, 0.25) is 0 Å². The van der Waals surface area contributed by atoms with Gasteiger partial charge in [-0.15, -0.1) is 0 Å². The largest absolute Gasteiger partial charge is 0.368 e. The lowest BCUT2D eigenvalue weighted by Crippen LogP contribution is -2.41. The molecule has 0 radical (unpaired) electrons. The van der Waals surface area contributed by atoms with Crippen molar-refractivity contribution in [3.05, 3.63) is 47.4 Å². The van der Waals surface area contributed by atoms with E-state index in [2.05, 4.69) is 10.1 Å². The molecular weight excluding hydrogens is 337 g/mol. The summed E-state index contributed by atoms with van der Waals surface area (Å²) in [4.78, 5) is 18.6. The average Bonchev–Trinajstić information content (AvgIpc) is 3.40. The van der Waals surface area contributed by atoms with Crippen LogP contribution in [0.15, 0.2) is 28.8 Å². The van der Waals surface area contributed by atoms with E-state index in [0.29, 0.717) is 37.9 Å². The van der Waals surface area contributed by atoms with Crippen molar-refractivity contribution in [2.75, 3.05) is 13.1 Å². The third-order valence-electron chi connectivity index (χ3n) is 4.93. The number of rotatable bonds is 6. The molecule has 0 N–H and O–H groups in total. The van der Waals surface area contributed by atoms with Crippen molar-refractivity contribution < 1.29 is 18.4 Å². The quantitative estimate of drug-likeness (QED) is 0.793. The van der Waals surface area contributed by atoms with E-state index >= 15 is 0 Å². The number of nitrogens with zero attached hydrogens (tertiary/aromatic N) is 3. The Bertz CT molecular complexity index is 750. The van der Waals surface area contributed by atoms with Crippen LogP contribution in [0.5, 0.6) is 0 Å².